The van der Waals surface area contributed by atoms with Crippen molar-refractivity contribution in [1.29, 1.82) is 0 Å². The lowest BCUT2D eigenvalue weighted by molar-refractivity contribution is -0.137. The van der Waals surface area contributed by atoms with Crippen molar-refractivity contribution < 1.29 is 27.6 Å². The average molecular weight is 271 g/mol. The summed E-state index contributed by atoms with van der Waals surface area (Å²) in [5.74, 6) is -1.48. The minimum Gasteiger partial charge on any atom is -0.477 e. The van der Waals surface area contributed by atoms with Crippen molar-refractivity contribution in [3.63, 3.8) is 0 Å². The van der Waals surface area contributed by atoms with Crippen LogP contribution < -0.4 is 0 Å². The molecule has 7 heteroatoms. The van der Waals surface area contributed by atoms with Gasteiger partial charge >= 0.3 is 12.1 Å². The first-order valence-electron chi connectivity index (χ1n) is 5.18. The summed E-state index contributed by atoms with van der Waals surface area (Å²) in [6, 6.07) is 4.24. The first kappa shape index (κ1) is 13.1. The quantitative estimate of drug-likeness (QED) is 0.909. The molecule has 0 saturated heterocycles. The van der Waals surface area contributed by atoms with Crippen LogP contribution in [0.25, 0.3) is 11.3 Å². The van der Waals surface area contributed by atoms with Crippen LogP contribution in [0.1, 0.15) is 21.6 Å². The van der Waals surface area contributed by atoms with Crippen LogP contribution in [0.2, 0.25) is 0 Å². The minimum absolute atomic E-state index is 0.0211. The van der Waals surface area contributed by atoms with Crippen LogP contribution in [0.4, 0.5) is 13.2 Å². The smallest absolute Gasteiger partial charge is 0.416 e. The molecule has 0 fully saturated rings. The molecule has 1 aromatic carbocycles. The number of aromatic carboxylic acids is 1. The number of rotatable bonds is 2. The molecule has 0 atom stereocenters. The van der Waals surface area contributed by atoms with Gasteiger partial charge < -0.3 is 9.63 Å². The van der Waals surface area contributed by atoms with Gasteiger partial charge in [0.25, 0.3) is 0 Å². The van der Waals surface area contributed by atoms with Gasteiger partial charge in [-0.1, -0.05) is 17.3 Å². The molecule has 0 amide bonds. The molecule has 1 heterocycles. The summed E-state index contributed by atoms with van der Waals surface area (Å²) in [6.45, 7) is 1.41. The molecule has 19 heavy (non-hydrogen) atoms. The molecule has 0 spiro atoms. The van der Waals surface area contributed by atoms with Gasteiger partial charge in [0.05, 0.1) is 11.3 Å². The number of nitrogens with zero attached hydrogens (tertiary/aromatic N) is 1. The van der Waals surface area contributed by atoms with Gasteiger partial charge in [-0.05, 0) is 19.1 Å². The first-order valence-corrected chi connectivity index (χ1v) is 5.18. The molecule has 0 aliphatic heterocycles. The number of halogens is 3. The van der Waals surface area contributed by atoms with Crippen LogP contribution in [0.15, 0.2) is 28.8 Å². The second-order valence-electron chi connectivity index (χ2n) is 3.86. The molecule has 2 aromatic rings. The van der Waals surface area contributed by atoms with Crippen LogP contribution in [0.3, 0.4) is 0 Å². The van der Waals surface area contributed by atoms with Crippen LogP contribution in [-0.4, -0.2) is 16.2 Å². The molecule has 0 saturated carbocycles. The maximum atomic E-state index is 12.6. The van der Waals surface area contributed by atoms with Gasteiger partial charge in [0.1, 0.15) is 5.56 Å². The molecular weight excluding hydrogens is 263 g/mol. The van der Waals surface area contributed by atoms with Crippen molar-refractivity contribution in [1.82, 2.24) is 5.16 Å². The minimum atomic E-state index is -4.51. The SMILES string of the molecule is Cc1noc(-c2cccc(C(F)(F)F)c2)c1C(=O)O. The van der Waals surface area contributed by atoms with E-state index in [9.17, 15) is 18.0 Å². The highest BCUT2D eigenvalue weighted by atomic mass is 19.4. The molecule has 4 nitrogen and oxygen atoms in total. The van der Waals surface area contributed by atoms with Gasteiger partial charge in [0.15, 0.2) is 5.76 Å². The summed E-state index contributed by atoms with van der Waals surface area (Å²) in [5, 5.41) is 12.5. The Morgan fingerprint density at radius 1 is 1.37 bits per heavy atom. The molecule has 0 aliphatic carbocycles. The summed E-state index contributed by atoms with van der Waals surface area (Å²) in [5.41, 5.74) is -0.984. The van der Waals surface area contributed by atoms with Crippen molar-refractivity contribution >= 4 is 5.97 Å². The Bertz CT molecular complexity index is 631. The summed E-state index contributed by atoms with van der Waals surface area (Å²) in [7, 11) is 0. The van der Waals surface area contributed by atoms with Gasteiger partial charge in [-0.25, -0.2) is 4.79 Å². The third-order valence-corrected chi connectivity index (χ3v) is 2.53. The number of hydrogen-bond acceptors (Lipinski definition) is 3. The molecule has 2 rings (SSSR count). The number of carbonyl (C=O) groups is 1. The third kappa shape index (κ3) is 2.44. The monoisotopic (exact) mass is 271 g/mol. The van der Waals surface area contributed by atoms with Gasteiger partial charge in [-0.2, -0.15) is 13.2 Å². The predicted molar refractivity (Wildman–Crippen MR) is 58.6 cm³/mol. The predicted octanol–water partition coefficient (Wildman–Crippen LogP) is 3.37. The zero-order valence-corrected chi connectivity index (χ0v) is 9.65. The molecular formula is C12H8F3NO3. The second kappa shape index (κ2) is 4.42. The molecule has 0 aliphatic rings. The summed E-state index contributed by atoms with van der Waals surface area (Å²) < 4.78 is 42.6. The van der Waals surface area contributed by atoms with Gasteiger partial charge in [0, 0.05) is 5.56 Å². The number of benzene rings is 1. The number of aryl methyl sites for hydroxylation is 1. The Morgan fingerprint density at radius 2 is 2.05 bits per heavy atom. The number of hydrogen-bond donors (Lipinski definition) is 1. The van der Waals surface area contributed by atoms with E-state index in [2.05, 4.69) is 5.16 Å². The summed E-state index contributed by atoms with van der Waals surface area (Å²) in [4.78, 5) is 11.0. The fourth-order valence-corrected chi connectivity index (χ4v) is 1.66. The van der Waals surface area contributed by atoms with Crippen LogP contribution in [0, 0.1) is 6.92 Å². The van der Waals surface area contributed by atoms with Crippen molar-refractivity contribution in [2.45, 2.75) is 13.1 Å². The fraction of sp³-hybridized carbons (Fsp3) is 0.167. The van der Waals surface area contributed by atoms with Gasteiger partial charge in [-0.15, -0.1) is 0 Å². The molecule has 0 bridgehead atoms. The van der Waals surface area contributed by atoms with E-state index in [4.69, 9.17) is 9.63 Å². The van der Waals surface area contributed by atoms with Gasteiger partial charge in [-0.3, -0.25) is 0 Å². The van der Waals surface area contributed by atoms with Crippen molar-refractivity contribution in [3.05, 3.63) is 41.1 Å². The molecule has 0 radical (unpaired) electrons. The van der Waals surface area contributed by atoms with Crippen molar-refractivity contribution in [2.24, 2.45) is 0 Å². The maximum Gasteiger partial charge on any atom is 0.416 e. The lowest BCUT2D eigenvalue weighted by atomic mass is 10.0. The largest absolute Gasteiger partial charge is 0.477 e. The normalized spacial score (nSPS) is 11.6. The van der Waals surface area contributed by atoms with E-state index < -0.39 is 17.7 Å². The van der Waals surface area contributed by atoms with E-state index in [0.717, 1.165) is 12.1 Å². The number of alkyl halides is 3. The van der Waals surface area contributed by atoms with Gasteiger partial charge in [0.2, 0.25) is 0 Å². The Labute approximate surface area is 105 Å². The second-order valence-corrected chi connectivity index (χ2v) is 3.86. The number of carboxylic acid groups (broad SMARTS) is 1. The first-order chi connectivity index (χ1) is 8.80. The standard InChI is InChI=1S/C12H8F3NO3/c1-6-9(11(17)18)10(19-16-6)7-3-2-4-8(5-7)12(13,14)15/h2-5H,1H3,(H,17,18). The zero-order chi connectivity index (χ0) is 14.2. The summed E-state index contributed by atoms with van der Waals surface area (Å²) in [6.07, 6.45) is -4.51. The Balaban J connectivity index is 2.57. The van der Waals surface area contributed by atoms with E-state index in [1.54, 1.807) is 0 Å². The summed E-state index contributed by atoms with van der Waals surface area (Å²) >= 11 is 0. The van der Waals surface area contributed by atoms with Crippen LogP contribution in [-0.2, 0) is 6.18 Å². The highest BCUT2D eigenvalue weighted by Crippen LogP contribution is 2.33. The van der Waals surface area contributed by atoms with E-state index >= 15 is 0 Å². The Morgan fingerprint density at radius 3 is 2.63 bits per heavy atom. The van der Waals surface area contributed by atoms with Crippen molar-refractivity contribution in [2.75, 3.05) is 0 Å². The average Bonchev–Trinajstić information content (AvgIpc) is 2.70. The fourth-order valence-electron chi connectivity index (χ4n) is 1.66. The van der Waals surface area contributed by atoms with Crippen LogP contribution in [0.5, 0.6) is 0 Å². The highest BCUT2D eigenvalue weighted by molar-refractivity contribution is 5.95. The van der Waals surface area contributed by atoms with E-state index in [0.29, 0.717) is 0 Å². The Kier molecular flexibility index (Phi) is 3.05. The lowest BCUT2D eigenvalue weighted by Gasteiger charge is -2.07. The lowest BCUT2D eigenvalue weighted by Crippen LogP contribution is -2.05. The van der Waals surface area contributed by atoms with E-state index in [1.807, 2.05) is 0 Å². The molecule has 0 unspecified atom stereocenters. The number of aromatic nitrogens is 1. The van der Waals surface area contributed by atoms with E-state index in [-0.39, 0.29) is 22.6 Å². The molecule has 100 valence electrons. The maximum absolute atomic E-state index is 12.6. The molecule has 1 N–H and O–H groups in total. The topological polar surface area (TPSA) is 63.3 Å². The third-order valence-electron chi connectivity index (χ3n) is 2.53. The van der Waals surface area contributed by atoms with Crippen molar-refractivity contribution in [3.8, 4) is 11.3 Å². The molecule has 1 aromatic heterocycles. The number of carboxylic acids is 1. The Hall–Kier alpha value is -2.31. The van der Waals surface area contributed by atoms with Crippen LogP contribution >= 0.6 is 0 Å². The zero-order valence-electron chi connectivity index (χ0n) is 9.65. The van der Waals surface area contributed by atoms with E-state index in [1.165, 1.54) is 19.1 Å². The highest BCUT2D eigenvalue weighted by Gasteiger charge is 2.31.